The molecule has 0 spiro atoms. The van der Waals surface area contributed by atoms with Crippen LogP contribution in [0.2, 0.25) is 0 Å². The van der Waals surface area contributed by atoms with E-state index in [1.54, 1.807) is 25.0 Å². The van der Waals surface area contributed by atoms with Gasteiger partial charge >= 0.3 is 5.88 Å². The molecule has 0 N–H and O–H groups in total. The fourth-order valence-electron chi connectivity index (χ4n) is 2.98. The highest BCUT2D eigenvalue weighted by Crippen LogP contribution is 2.28. The summed E-state index contributed by atoms with van der Waals surface area (Å²) in [6.45, 7) is 6.27. The molecule has 3 rings (SSSR count). The van der Waals surface area contributed by atoms with Gasteiger partial charge in [0, 0.05) is 25.8 Å². The zero-order valence-corrected chi connectivity index (χ0v) is 17.6. The van der Waals surface area contributed by atoms with Crippen molar-refractivity contribution in [3.8, 4) is 5.75 Å². The van der Waals surface area contributed by atoms with Gasteiger partial charge in [-0.1, -0.05) is 30.8 Å². The maximum atomic E-state index is 12.2. The third-order valence-corrected chi connectivity index (χ3v) is 5.67. The Balaban J connectivity index is 1.59. The van der Waals surface area contributed by atoms with Gasteiger partial charge in [-0.15, -0.1) is 5.01 Å². The van der Waals surface area contributed by atoms with Crippen LogP contribution in [0.5, 0.6) is 5.75 Å². The molecule has 2 aromatic rings. The van der Waals surface area contributed by atoms with Crippen LogP contribution in [0.4, 0.5) is 11.6 Å². The molecule has 1 aromatic heterocycles. The molecule has 0 unspecified atom stereocenters. The zero-order valence-electron chi connectivity index (χ0n) is 16.8. The molecule has 0 aliphatic carbocycles. The second-order valence-electron chi connectivity index (χ2n) is 6.73. The van der Waals surface area contributed by atoms with E-state index in [9.17, 15) is 9.90 Å². The number of piperazine rings is 1. The van der Waals surface area contributed by atoms with E-state index >= 15 is 0 Å². The molecule has 1 aliphatic heterocycles. The number of carbonyl (C=O) groups is 1. The molecule has 1 aromatic carbocycles. The summed E-state index contributed by atoms with van der Waals surface area (Å²) in [5, 5.41) is 18.1. The fraction of sp³-hybridized carbons (Fsp3) is 0.474. The van der Waals surface area contributed by atoms with Crippen molar-refractivity contribution >= 4 is 34.3 Å². The largest absolute Gasteiger partial charge is 0.861 e. The molecule has 2 heterocycles. The number of nitrogens with zero attached hydrogens (tertiary/aromatic N) is 5. The first-order valence-corrected chi connectivity index (χ1v) is 10.4. The highest BCUT2D eigenvalue weighted by molar-refractivity contribution is 8.13. The first-order valence-electron chi connectivity index (χ1n) is 9.38. The number of aliphatic imine (C=N–C) groups is 1. The van der Waals surface area contributed by atoms with Crippen LogP contribution in [0.3, 0.4) is 0 Å². The lowest BCUT2D eigenvalue weighted by atomic mass is 10.2. The number of para-hydroxylation sites is 2. The maximum absolute atomic E-state index is 12.2. The molecule has 1 atom stereocenters. The number of thioether (sulfide) groups is 1. The van der Waals surface area contributed by atoms with Crippen molar-refractivity contribution in [2.75, 3.05) is 49.0 Å². The van der Waals surface area contributed by atoms with Gasteiger partial charge < -0.3 is 14.7 Å². The van der Waals surface area contributed by atoms with Gasteiger partial charge in [-0.25, -0.2) is 4.99 Å². The van der Waals surface area contributed by atoms with Gasteiger partial charge in [0.1, 0.15) is 5.75 Å². The molecule has 9 nitrogen and oxygen atoms in total. The van der Waals surface area contributed by atoms with E-state index < -0.39 is 0 Å². The quantitative estimate of drug-likeness (QED) is 0.368. The summed E-state index contributed by atoms with van der Waals surface area (Å²) in [7, 11) is 1.67. The summed E-state index contributed by atoms with van der Waals surface area (Å²) in [4.78, 5) is 18.8. The van der Waals surface area contributed by atoms with Crippen LogP contribution < -0.4 is 24.5 Å². The predicted molar refractivity (Wildman–Crippen MR) is 109 cm³/mol. The lowest BCUT2D eigenvalue weighted by Crippen LogP contribution is -2.65. The van der Waals surface area contributed by atoms with E-state index in [0.29, 0.717) is 5.75 Å². The number of aromatic nitrogens is 2. The number of hydrogen-bond donors (Lipinski definition) is 0. The van der Waals surface area contributed by atoms with Crippen molar-refractivity contribution in [2.24, 2.45) is 10.9 Å². The second-order valence-corrected chi connectivity index (χ2v) is 7.92. The van der Waals surface area contributed by atoms with Gasteiger partial charge in [0.05, 0.1) is 30.7 Å². The van der Waals surface area contributed by atoms with Crippen molar-refractivity contribution in [1.29, 1.82) is 0 Å². The number of methoxy groups -OCH3 is 1. The van der Waals surface area contributed by atoms with Crippen LogP contribution in [-0.4, -0.2) is 55.3 Å². The van der Waals surface area contributed by atoms with Crippen LogP contribution in [0.1, 0.15) is 13.8 Å². The van der Waals surface area contributed by atoms with Gasteiger partial charge in [0.15, 0.2) is 5.12 Å². The first kappa shape index (κ1) is 21.0. The summed E-state index contributed by atoms with van der Waals surface area (Å²) in [5.74, 6) is 0.708. The monoisotopic (exact) mass is 419 g/mol. The first-order chi connectivity index (χ1) is 14.0. The molecule has 1 aliphatic rings. The molecule has 10 heteroatoms. The van der Waals surface area contributed by atoms with E-state index in [2.05, 4.69) is 15.2 Å². The van der Waals surface area contributed by atoms with Crippen LogP contribution >= 0.6 is 11.8 Å². The Kier molecular flexibility index (Phi) is 6.97. The maximum Gasteiger partial charge on any atom is 0.324 e. The number of anilines is 1. The Morgan fingerprint density at radius 2 is 2.10 bits per heavy atom. The minimum atomic E-state index is -0.369. The lowest BCUT2D eigenvalue weighted by molar-refractivity contribution is -0.758. The van der Waals surface area contributed by atoms with Gasteiger partial charge in [-0.05, 0) is 23.9 Å². The SMILES string of the molecule is COc1ccccc1N1CCN([n+]2cc(N=C([O-])[C@H](C)CSC(C)=O)on2)CC1. The van der Waals surface area contributed by atoms with Crippen LogP contribution in [0.15, 0.2) is 40.0 Å². The van der Waals surface area contributed by atoms with E-state index in [1.165, 1.54) is 6.92 Å². The zero-order chi connectivity index (χ0) is 20.8. The van der Waals surface area contributed by atoms with E-state index in [-0.39, 0.29) is 22.8 Å². The summed E-state index contributed by atoms with van der Waals surface area (Å²) >= 11 is 1.11. The topological polar surface area (TPSA) is 98.1 Å². The Hall–Kier alpha value is -2.75. The molecule has 0 bridgehead atoms. The number of rotatable bonds is 7. The minimum Gasteiger partial charge on any atom is -0.861 e. The van der Waals surface area contributed by atoms with Gasteiger partial charge in [0.2, 0.25) is 5.27 Å². The molecule has 0 radical (unpaired) electrons. The molecule has 1 fully saturated rings. The summed E-state index contributed by atoms with van der Waals surface area (Å²) in [6.07, 6.45) is 1.60. The summed E-state index contributed by atoms with van der Waals surface area (Å²) in [5.41, 5.74) is 1.07. The van der Waals surface area contributed by atoms with Crippen molar-refractivity contribution in [3.63, 3.8) is 0 Å². The highest BCUT2D eigenvalue weighted by Gasteiger charge is 2.27. The van der Waals surface area contributed by atoms with E-state index in [4.69, 9.17) is 9.26 Å². The molecule has 0 saturated carbocycles. The average Bonchev–Trinajstić information content (AvgIpc) is 3.20. The Labute approximate surface area is 173 Å². The van der Waals surface area contributed by atoms with Crippen LogP contribution in [0, 0.1) is 5.92 Å². The van der Waals surface area contributed by atoms with Crippen molar-refractivity contribution in [2.45, 2.75) is 13.8 Å². The number of benzene rings is 1. The van der Waals surface area contributed by atoms with Crippen molar-refractivity contribution < 1.29 is 24.0 Å². The Bertz CT molecular complexity index is 864. The van der Waals surface area contributed by atoms with Crippen LogP contribution in [-0.2, 0) is 4.79 Å². The minimum absolute atomic E-state index is 0.0191. The van der Waals surface area contributed by atoms with E-state index in [0.717, 1.165) is 49.4 Å². The Morgan fingerprint density at radius 3 is 2.79 bits per heavy atom. The normalized spacial score (nSPS) is 16.0. The molecular formula is C19H25N5O4S. The number of ether oxygens (including phenoxy) is 1. The predicted octanol–water partition coefficient (Wildman–Crippen LogP) is 0.735. The summed E-state index contributed by atoms with van der Waals surface area (Å²) in [6, 6.07) is 7.95. The highest BCUT2D eigenvalue weighted by atomic mass is 32.2. The van der Waals surface area contributed by atoms with Crippen molar-refractivity contribution in [1.82, 2.24) is 5.27 Å². The smallest absolute Gasteiger partial charge is 0.324 e. The molecular weight excluding hydrogens is 394 g/mol. The number of carbonyl (C=O) groups excluding carboxylic acids is 1. The third kappa shape index (κ3) is 5.41. The van der Waals surface area contributed by atoms with Gasteiger partial charge in [-0.2, -0.15) is 0 Å². The molecule has 0 amide bonds. The average molecular weight is 420 g/mol. The second kappa shape index (κ2) is 9.64. The van der Waals surface area contributed by atoms with E-state index in [1.807, 2.05) is 29.3 Å². The van der Waals surface area contributed by atoms with Crippen LogP contribution in [0.25, 0.3) is 0 Å². The lowest BCUT2D eigenvalue weighted by Gasteiger charge is -2.32. The molecule has 156 valence electrons. The third-order valence-electron chi connectivity index (χ3n) is 4.59. The summed E-state index contributed by atoms with van der Waals surface area (Å²) < 4.78 is 10.6. The van der Waals surface area contributed by atoms with Gasteiger partial charge in [0.25, 0.3) is 6.20 Å². The Morgan fingerprint density at radius 1 is 1.38 bits per heavy atom. The van der Waals surface area contributed by atoms with Gasteiger partial charge in [-0.3, -0.25) is 9.32 Å². The molecule has 1 saturated heterocycles. The molecule has 29 heavy (non-hydrogen) atoms. The standard InChI is InChI=1S/C19H25N5O4S/c1-14(13-29-15(2)25)19(26)20-18-12-24(21-28-18)23-10-8-22(9-11-23)16-6-4-5-7-17(16)27-3/h4-7,12,14H,8-11,13H2,1-3H3/t14-/m1/s1. The fourth-order valence-corrected chi connectivity index (χ4v) is 3.60. The van der Waals surface area contributed by atoms with Crippen molar-refractivity contribution in [3.05, 3.63) is 30.5 Å². The number of hydrogen-bond acceptors (Lipinski definition) is 9.